The number of rotatable bonds is 21. The van der Waals surface area contributed by atoms with E-state index in [2.05, 4.69) is 36.9 Å². The van der Waals surface area contributed by atoms with Crippen molar-refractivity contribution in [2.75, 3.05) is 26.2 Å². The van der Waals surface area contributed by atoms with Gasteiger partial charge in [0.25, 0.3) is 0 Å². The second-order valence-electron chi connectivity index (χ2n) is 15.6. The minimum Gasteiger partial charge on any atom is -0.480 e. The number of H-pyrrole nitrogens is 1. The van der Waals surface area contributed by atoms with E-state index in [0.717, 1.165) is 16.5 Å². The number of benzene rings is 1. The van der Waals surface area contributed by atoms with Gasteiger partial charge in [0.15, 0.2) is 0 Å². The number of nitrogens with zero attached hydrogens (tertiary/aromatic N) is 1. The van der Waals surface area contributed by atoms with E-state index < -0.39 is 103 Å². The molecule has 0 unspecified atom stereocenters. The number of likely N-dealkylation sites (tertiary alicyclic amines) is 1. The second kappa shape index (κ2) is 21.7. The number of aromatic nitrogens is 1. The fraction of sp³-hybridized carbons (Fsp3) is 0.590. The second-order valence-corrected chi connectivity index (χ2v) is 15.6. The van der Waals surface area contributed by atoms with Crippen LogP contribution in [0.4, 0.5) is 0 Å². The Balaban J connectivity index is 1.60. The standard InChI is InChI=1S/C39H59N9O9/c1-21(2)14-28(46-35(53)26(40)16-24-17-41-27-11-8-7-10-25(24)27)36(54)43-19-32(50)45-29(15-22(3)4)37(55)47-34(23(5)6)39(57)48-13-9-12-30(48)38(56)44-18-31(49)42-20-33(51)52/h7-8,10-11,17,21-23,26,28-30,34,41H,9,12-16,18-20,40H2,1-6H3,(H,42,49)(H,43,54)(H,44,56)(H,45,50)(H,46,53)(H,47,55)(H,51,52)/t26-,28-,29-,30-,34-/m0/s1. The summed E-state index contributed by atoms with van der Waals surface area (Å²) in [7, 11) is 0. The van der Waals surface area contributed by atoms with E-state index >= 15 is 0 Å². The van der Waals surface area contributed by atoms with Gasteiger partial charge >= 0.3 is 5.97 Å². The highest BCUT2D eigenvalue weighted by atomic mass is 16.4. The lowest BCUT2D eigenvalue weighted by molar-refractivity contribution is -0.143. The van der Waals surface area contributed by atoms with Gasteiger partial charge in [0.1, 0.15) is 30.7 Å². The van der Waals surface area contributed by atoms with E-state index in [-0.39, 0.29) is 37.6 Å². The average molecular weight is 798 g/mol. The van der Waals surface area contributed by atoms with Gasteiger partial charge in [-0.1, -0.05) is 59.7 Å². The third-order valence-corrected chi connectivity index (χ3v) is 9.50. The Labute approximate surface area is 332 Å². The molecule has 1 fully saturated rings. The number of carbonyl (C=O) groups is 8. The smallest absolute Gasteiger partial charge is 0.322 e. The molecule has 18 heteroatoms. The van der Waals surface area contributed by atoms with Crippen molar-refractivity contribution >= 4 is 58.2 Å². The van der Waals surface area contributed by atoms with Crippen LogP contribution in [0.1, 0.15) is 72.8 Å². The number of carbonyl (C=O) groups excluding carboxylic acids is 7. The zero-order chi connectivity index (χ0) is 42.4. The van der Waals surface area contributed by atoms with Gasteiger partial charge in [-0.05, 0) is 61.5 Å². The van der Waals surface area contributed by atoms with Crippen molar-refractivity contribution in [2.45, 2.75) is 104 Å². The Morgan fingerprint density at radius 3 is 2.05 bits per heavy atom. The number of para-hydroxylation sites is 1. The highest BCUT2D eigenvalue weighted by Gasteiger charge is 2.39. The van der Waals surface area contributed by atoms with Crippen LogP contribution in [0.25, 0.3) is 10.9 Å². The molecule has 2 heterocycles. The summed E-state index contributed by atoms with van der Waals surface area (Å²) in [5.41, 5.74) is 8.04. The zero-order valence-electron chi connectivity index (χ0n) is 33.6. The van der Waals surface area contributed by atoms with Crippen LogP contribution in [0.15, 0.2) is 30.5 Å². The molecule has 0 radical (unpaired) electrons. The molecule has 18 nitrogen and oxygen atoms in total. The number of amides is 7. The Morgan fingerprint density at radius 1 is 0.789 bits per heavy atom. The molecule has 0 bridgehead atoms. The summed E-state index contributed by atoms with van der Waals surface area (Å²) < 4.78 is 0. The van der Waals surface area contributed by atoms with E-state index in [1.54, 1.807) is 20.0 Å². The van der Waals surface area contributed by atoms with Crippen molar-refractivity contribution in [3.05, 3.63) is 36.0 Å². The first-order chi connectivity index (χ1) is 26.9. The predicted octanol–water partition coefficient (Wildman–Crippen LogP) is -0.335. The molecular formula is C39H59N9O9. The summed E-state index contributed by atoms with van der Waals surface area (Å²) in [4.78, 5) is 107. The number of hydrogen-bond donors (Lipinski definition) is 9. The number of nitrogens with two attached hydrogens (primary N) is 1. The molecule has 0 aliphatic carbocycles. The quantitative estimate of drug-likeness (QED) is 0.0793. The summed E-state index contributed by atoms with van der Waals surface area (Å²) in [6.45, 7) is 9.63. The molecule has 1 saturated heterocycles. The minimum absolute atomic E-state index is 0.0117. The van der Waals surface area contributed by atoms with Crippen LogP contribution < -0.4 is 37.6 Å². The SMILES string of the molecule is CC(C)C[C@H](NC(=O)CNC(=O)[C@H](CC(C)C)NC(=O)[C@@H](N)Cc1c[nH]c2ccccc12)C(=O)N[C@H](C(=O)N1CCC[C@H]1C(=O)NCC(=O)NCC(=O)O)C(C)C. The Morgan fingerprint density at radius 2 is 1.42 bits per heavy atom. The number of carboxylic acids is 1. The fourth-order valence-electron chi connectivity index (χ4n) is 6.62. The molecule has 7 amide bonds. The van der Waals surface area contributed by atoms with Gasteiger partial charge in [-0.25, -0.2) is 0 Å². The first kappa shape index (κ1) is 45.9. The lowest BCUT2D eigenvalue weighted by Gasteiger charge is -2.31. The van der Waals surface area contributed by atoms with Crippen molar-refractivity contribution in [2.24, 2.45) is 23.5 Å². The van der Waals surface area contributed by atoms with Crippen molar-refractivity contribution in [1.29, 1.82) is 0 Å². The minimum atomic E-state index is -1.24. The number of fused-ring (bicyclic) bond motifs is 1. The van der Waals surface area contributed by atoms with Gasteiger partial charge in [0, 0.05) is 23.6 Å². The maximum Gasteiger partial charge on any atom is 0.322 e. The van der Waals surface area contributed by atoms with Crippen LogP contribution in [0.3, 0.4) is 0 Å². The summed E-state index contributed by atoms with van der Waals surface area (Å²) in [5, 5.41) is 25.0. The largest absolute Gasteiger partial charge is 0.480 e. The summed E-state index contributed by atoms with van der Waals surface area (Å²) in [6, 6.07) is 2.69. The van der Waals surface area contributed by atoms with E-state index in [0.29, 0.717) is 12.8 Å². The topological polar surface area (TPSA) is 274 Å². The lowest BCUT2D eigenvalue weighted by Crippen LogP contribution is -2.59. The Hall–Kier alpha value is -5.52. The van der Waals surface area contributed by atoms with Gasteiger partial charge < -0.3 is 52.6 Å². The van der Waals surface area contributed by atoms with E-state index in [9.17, 15) is 38.4 Å². The molecular weight excluding hydrogens is 738 g/mol. The first-order valence-electron chi connectivity index (χ1n) is 19.4. The Kier molecular flexibility index (Phi) is 17.5. The van der Waals surface area contributed by atoms with Crippen LogP contribution in [-0.2, 0) is 44.8 Å². The number of hydrogen-bond acceptors (Lipinski definition) is 9. The molecule has 3 rings (SSSR count). The molecule has 57 heavy (non-hydrogen) atoms. The first-order valence-corrected chi connectivity index (χ1v) is 19.4. The van der Waals surface area contributed by atoms with Crippen LogP contribution in [0.5, 0.6) is 0 Å². The van der Waals surface area contributed by atoms with E-state index in [1.807, 2.05) is 52.0 Å². The molecule has 1 aliphatic heterocycles. The van der Waals surface area contributed by atoms with Crippen LogP contribution in [0.2, 0.25) is 0 Å². The van der Waals surface area contributed by atoms with Gasteiger partial charge in [-0.2, -0.15) is 0 Å². The number of aliphatic carboxylic acids is 1. The average Bonchev–Trinajstić information content (AvgIpc) is 3.80. The lowest BCUT2D eigenvalue weighted by atomic mass is 9.99. The molecule has 5 atom stereocenters. The summed E-state index contributed by atoms with van der Waals surface area (Å²) in [5.74, 6) is -5.88. The molecule has 2 aromatic rings. The van der Waals surface area contributed by atoms with Crippen LogP contribution in [0, 0.1) is 17.8 Å². The number of carboxylic acid groups (broad SMARTS) is 1. The molecule has 1 aromatic carbocycles. The van der Waals surface area contributed by atoms with Crippen LogP contribution in [-0.4, -0.2) is 119 Å². The van der Waals surface area contributed by atoms with Crippen molar-refractivity contribution in [3.63, 3.8) is 0 Å². The van der Waals surface area contributed by atoms with Crippen molar-refractivity contribution < 1.29 is 43.5 Å². The van der Waals surface area contributed by atoms with E-state index in [1.165, 1.54) is 4.90 Å². The normalized spacial score (nSPS) is 16.1. The third-order valence-electron chi connectivity index (χ3n) is 9.50. The highest BCUT2D eigenvalue weighted by molar-refractivity contribution is 5.97. The molecule has 314 valence electrons. The van der Waals surface area contributed by atoms with Crippen LogP contribution >= 0.6 is 0 Å². The summed E-state index contributed by atoms with van der Waals surface area (Å²) >= 11 is 0. The summed E-state index contributed by atoms with van der Waals surface area (Å²) in [6.07, 6.45) is 3.36. The molecule has 10 N–H and O–H groups in total. The maximum atomic E-state index is 13.8. The van der Waals surface area contributed by atoms with Crippen molar-refractivity contribution in [1.82, 2.24) is 41.8 Å². The molecule has 1 aromatic heterocycles. The Bertz CT molecular complexity index is 1760. The molecule has 0 spiro atoms. The van der Waals surface area contributed by atoms with Gasteiger partial charge in [0.05, 0.1) is 19.1 Å². The van der Waals surface area contributed by atoms with Gasteiger partial charge in [0.2, 0.25) is 41.4 Å². The van der Waals surface area contributed by atoms with Crippen molar-refractivity contribution in [3.8, 4) is 0 Å². The van der Waals surface area contributed by atoms with E-state index in [4.69, 9.17) is 10.8 Å². The monoisotopic (exact) mass is 797 g/mol. The highest BCUT2D eigenvalue weighted by Crippen LogP contribution is 2.21. The fourth-order valence-corrected chi connectivity index (χ4v) is 6.62. The predicted molar refractivity (Wildman–Crippen MR) is 211 cm³/mol. The molecule has 0 saturated carbocycles. The third kappa shape index (κ3) is 14.2. The zero-order valence-corrected chi connectivity index (χ0v) is 33.6. The number of nitrogens with one attached hydrogen (secondary N) is 7. The maximum absolute atomic E-state index is 13.8. The molecule has 1 aliphatic rings. The van der Waals surface area contributed by atoms with Gasteiger partial charge in [-0.3, -0.25) is 38.4 Å². The van der Waals surface area contributed by atoms with Gasteiger partial charge in [-0.15, -0.1) is 0 Å². The number of aromatic amines is 1.